The Labute approximate surface area is 171 Å². The van der Waals surface area contributed by atoms with Crippen LogP contribution in [0, 0.1) is 0 Å². The maximum absolute atomic E-state index is 6.45. The van der Waals surface area contributed by atoms with Crippen molar-refractivity contribution in [3.63, 3.8) is 0 Å². The van der Waals surface area contributed by atoms with Crippen molar-refractivity contribution in [3.05, 3.63) is 59.5 Å². The van der Waals surface area contributed by atoms with Crippen LogP contribution in [-0.4, -0.2) is 32.1 Å². The Bertz CT molecular complexity index is 1010. The van der Waals surface area contributed by atoms with E-state index in [1.54, 1.807) is 0 Å². The van der Waals surface area contributed by atoms with Crippen molar-refractivity contribution in [1.29, 1.82) is 0 Å². The number of likely N-dealkylation sites (tertiary alicyclic amines) is 1. The molecule has 0 amide bonds. The Kier molecular flexibility index (Phi) is 4.76. The second-order valence-electron chi connectivity index (χ2n) is 8.56. The van der Waals surface area contributed by atoms with E-state index in [1.807, 2.05) is 12.1 Å². The van der Waals surface area contributed by atoms with Gasteiger partial charge in [0.1, 0.15) is 11.9 Å². The molecule has 3 heterocycles. The van der Waals surface area contributed by atoms with Crippen LogP contribution in [0.25, 0.3) is 5.65 Å². The fraction of sp³-hybridized carbons (Fsp3) is 0.478. The zero-order valence-electron chi connectivity index (χ0n) is 17.2. The molecule has 2 N–H and O–H groups in total. The normalized spacial score (nSPS) is 24.9. The molecule has 5 rings (SSSR count). The van der Waals surface area contributed by atoms with Crippen molar-refractivity contribution in [3.8, 4) is 5.75 Å². The Morgan fingerprint density at radius 2 is 1.86 bits per heavy atom. The maximum Gasteiger partial charge on any atom is 0.161 e. The number of nitrogens with two attached hydrogens (primary N) is 1. The van der Waals surface area contributed by atoms with Gasteiger partial charge in [0.15, 0.2) is 11.5 Å². The minimum Gasteiger partial charge on any atom is -0.484 e. The Balaban J connectivity index is 1.46. The van der Waals surface area contributed by atoms with E-state index in [0.29, 0.717) is 12.1 Å². The van der Waals surface area contributed by atoms with E-state index >= 15 is 0 Å². The number of rotatable bonds is 4. The van der Waals surface area contributed by atoms with Gasteiger partial charge in [-0.2, -0.15) is 0 Å². The maximum atomic E-state index is 6.45. The van der Waals surface area contributed by atoms with Crippen LogP contribution in [0.1, 0.15) is 74.7 Å². The molecule has 6 nitrogen and oxygen atoms in total. The number of nitrogens with zero attached hydrogens (tertiary/aromatic N) is 4. The SMILES string of the molecule is CC(C)N1CCCC1c1nnc2ccc(O[C@@H]3CC[C@H](N)c4ccccc43)cn12. The molecule has 2 aliphatic rings. The highest BCUT2D eigenvalue weighted by Crippen LogP contribution is 2.38. The highest BCUT2D eigenvalue weighted by Gasteiger charge is 2.32. The first-order chi connectivity index (χ1) is 14.1. The number of benzene rings is 1. The van der Waals surface area contributed by atoms with E-state index in [1.165, 1.54) is 17.5 Å². The third-order valence-corrected chi connectivity index (χ3v) is 6.42. The summed E-state index contributed by atoms with van der Waals surface area (Å²) < 4.78 is 8.57. The highest BCUT2D eigenvalue weighted by molar-refractivity contribution is 5.42. The molecule has 1 fully saturated rings. The number of pyridine rings is 1. The van der Waals surface area contributed by atoms with Crippen molar-refractivity contribution < 1.29 is 4.74 Å². The summed E-state index contributed by atoms with van der Waals surface area (Å²) >= 11 is 0. The molecule has 0 saturated carbocycles. The third-order valence-electron chi connectivity index (χ3n) is 6.42. The first kappa shape index (κ1) is 18.6. The predicted octanol–water partition coefficient (Wildman–Crippen LogP) is 4.19. The Morgan fingerprint density at radius 1 is 1.03 bits per heavy atom. The van der Waals surface area contributed by atoms with Crippen molar-refractivity contribution in [2.75, 3.05) is 6.54 Å². The fourth-order valence-electron chi connectivity index (χ4n) is 4.94. The number of hydrogen-bond acceptors (Lipinski definition) is 5. The van der Waals surface area contributed by atoms with Crippen molar-refractivity contribution in [1.82, 2.24) is 19.5 Å². The minimum absolute atomic E-state index is 0.0297. The smallest absolute Gasteiger partial charge is 0.161 e. The van der Waals surface area contributed by atoms with Crippen LogP contribution in [0.15, 0.2) is 42.6 Å². The van der Waals surface area contributed by atoms with Crippen molar-refractivity contribution in [2.45, 2.75) is 63.8 Å². The van der Waals surface area contributed by atoms with E-state index in [2.05, 4.69) is 63.8 Å². The van der Waals surface area contributed by atoms with Crippen LogP contribution in [0.5, 0.6) is 5.75 Å². The molecule has 6 heteroatoms. The summed E-state index contributed by atoms with van der Waals surface area (Å²) in [6.07, 6.45) is 6.27. The van der Waals surface area contributed by atoms with Gasteiger partial charge in [-0.1, -0.05) is 24.3 Å². The molecule has 3 atom stereocenters. The van der Waals surface area contributed by atoms with Crippen molar-refractivity contribution >= 4 is 5.65 Å². The summed E-state index contributed by atoms with van der Waals surface area (Å²) in [4.78, 5) is 2.52. The Hall–Kier alpha value is -2.44. The highest BCUT2D eigenvalue weighted by atomic mass is 16.5. The molecule has 3 aromatic rings. The number of ether oxygens (including phenoxy) is 1. The molecule has 0 radical (unpaired) electrons. The summed E-state index contributed by atoms with van der Waals surface area (Å²) in [6, 6.07) is 13.3. The Morgan fingerprint density at radius 3 is 2.69 bits per heavy atom. The van der Waals surface area contributed by atoms with Gasteiger partial charge in [0.2, 0.25) is 0 Å². The van der Waals surface area contributed by atoms with Crippen LogP contribution in [0.4, 0.5) is 0 Å². The molecule has 2 aromatic heterocycles. The molecular weight excluding hydrogens is 362 g/mol. The van der Waals surface area contributed by atoms with E-state index in [0.717, 1.165) is 43.0 Å². The molecule has 1 aromatic carbocycles. The van der Waals surface area contributed by atoms with Gasteiger partial charge < -0.3 is 10.5 Å². The molecule has 0 bridgehead atoms. The monoisotopic (exact) mass is 391 g/mol. The number of aromatic nitrogens is 3. The molecule has 152 valence electrons. The lowest BCUT2D eigenvalue weighted by molar-refractivity contribution is 0.175. The molecule has 29 heavy (non-hydrogen) atoms. The van der Waals surface area contributed by atoms with Crippen LogP contribution in [-0.2, 0) is 0 Å². The molecule has 1 aliphatic heterocycles. The van der Waals surface area contributed by atoms with Crippen molar-refractivity contribution in [2.24, 2.45) is 5.73 Å². The van der Waals surface area contributed by atoms with Gasteiger partial charge in [-0.25, -0.2) is 0 Å². The lowest BCUT2D eigenvalue weighted by Gasteiger charge is -2.30. The average molecular weight is 392 g/mol. The van der Waals surface area contributed by atoms with E-state index in [4.69, 9.17) is 10.5 Å². The van der Waals surface area contributed by atoms with E-state index < -0.39 is 0 Å². The summed E-state index contributed by atoms with van der Waals surface area (Å²) in [5, 5.41) is 8.95. The molecule has 1 saturated heterocycles. The summed E-state index contributed by atoms with van der Waals surface area (Å²) in [7, 11) is 0. The van der Waals surface area contributed by atoms with Gasteiger partial charge in [0.05, 0.1) is 12.2 Å². The zero-order chi connectivity index (χ0) is 20.0. The molecular formula is C23H29N5O. The first-order valence-corrected chi connectivity index (χ1v) is 10.7. The zero-order valence-corrected chi connectivity index (χ0v) is 17.2. The lowest BCUT2D eigenvalue weighted by Crippen LogP contribution is -2.31. The summed E-state index contributed by atoms with van der Waals surface area (Å²) in [6.45, 7) is 5.62. The molecule has 1 unspecified atom stereocenters. The number of hydrogen-bond donors (Lipinski definition) is 1. The van der Waals surface area contributed by atoms with Gasteiger partial charge in [0, 0.05) is 12.1 Å². The minimum atomic E-state index is 0.0297. The van der Waals surface area contributed by atoms with Crippen LogP contribution >= 0.6 is 0 Å². The molecule has 0 spiro atoms. The van der Waals surface area contributed by atoms with Crippen LogP contribution in [0.3, 0.4) is 0 Å². The van der Waals surface area contributed by atoms with Gasteiger partial charge in [0.25, 0.3) is 0 Å². The quantitative estimate of drug-likeness (QED) is 0.722. The number of fused-ring (bicyclic) bond motifs is 2. The van der Waals surface area contributed by atoms with E-state index in [9.17, 15) is 0 Å². The topological polar surface area (TPSA) is 68.7 Å². The summed E-state index contributed by atoms with van der Waals surface area (Å²) in [5.74, 6) is 1.87. The predicted molar refractivity (Wildman–Crippen MR) is 113 cm³/mol. The lowest BCUT2D eigenvalue weighted by atomic mass is 9.86. The van der Waals surface area contributed by atoms with Crippen LogP contribution in [0.2, 0.25) is 0 Å². The fourth-order valence-corrected chi connectivity index (χ4v) is 4.94. The van der Waals surface area contributed by atoms with Gasteiger partial charge in [-0.05, 0) is 69.3 Å². The standard InChI is InChI=1S/C23H29N5O/c1-15(2)27-13-5-8-20(27)23-26-25-22-12-9-16(14-28(22)23)29-21-11-10-19(24)17-6-3-4-7-18(17)21/h3-4,6-7,9,12,14-15,19-21H,5,8,10-11,13,24H2,1-2H3/t19-,20?,21+/m0/s1. The molecule has 1 aliphatic carbocycles. The second-order valence-corrected chi connectivity index (χ2v) is 8.56. The average Bonchev–Trinajstić information content (AvgIpc) is 3.37. The van der Waals surface area contributed by atoms with Gasteiger partial charge in [-0.3, -0.25) is 9.30 Å². The van der Waals surface area contributed by atoms with Crippen LogP contribution < -0.4 is 10.5 Å². The van der Waals surface area contributed by atoms with E-state index in [-0.39, 0.29) is 12.1 Å². The third kappa shape index (κ3) is 3.30. The van der Waals surface area contributed by atoms with Gasteiger partial charge >= 0.3 is 0 Å². The largest absolute Gasteiger partial charge is 0.484 e. The second kappa shape index (κ2) is 7.43. The summed E-state index contributed by atoms with van der Waals surface area (Å²) in [5.41, 5.74) is 9.59. The van der Waals surface area contributed by atoms with Gasteiger partial charge in [-0.15, -0.1) is 10.2 Å². The first-order valence-electron chi connectivity index (χ1n) is 10.7.